The molecule has 5 heteroatoms. The molecule has 0 aliphatic rings. The zero-order valence-corrected chi connectivity index (χ0v) is 10.3. The first-order valence-corrected chi connectivity index (χ1v) is 5.63. The van der Waals surface area contributed by atoms with Gasteiger partial charge in [0.05, 0.1) is 5.69 Å². The smallest absolute Gasteiger partial charge is 0.354 e. The number of carbonyl (C=O) groups is 2. The molecule has 1 heterocycles. The van der Waals surface area contributed by atoms with Crippen LogP contribution in [0.1, 0.15) is 42.9 Å². The van der Waals surface area contributed by atoms with Crippen LogP contribution < -0.4 is 5.32 Å². The topological polar surface area (TPSA) is 82.2 Å². The highest BCUT2D eigenvalue weighted by molar-refractivity contribution is 5.99. The van der Waals surface area contributed by atoms with E-state index >= 15 is 0 Å². The van der Waals surface area contributed by atoms with Crippen molar-refractivity contribution in [3.8, 4) is 0 Å². The molecule has 1 rings (SSSR count). The minimum Gasteiger partial charge on any atom is -0.477 e. The predicted octanol–water partition coefficient (Wildman–Crippen LogP) is 2.40. The van der Waals surface area contributed by atoms with Gasteiger partial charge >= 0.3 is 5.97 Å². The van der Waals surface area contributed by atoms with Gasteiger partial charge in [0.2, 0.25) is 5.91 Å². The minimum atomic E-state index is -1.07. The maximum Gasteiger partial charge on any atom is 0.354 e. The number of carboxylic acid groups (broad SMARTS) is 1. The van der Waals surface area contributed by atoms with E-state index in [0.29, 0.717) is 23.7 Å². The molecule has 0 saturated heterocycles. The number of hydrogen-bond acceptors (Lipinski definition) is 2. The van der Waals surface area contributed by atoms with Crippen molar-refractivity contribution in [1.29, 1.82) is 0 Å². The van der Waals surface area contributed by atoms with Gasteiger partial charge in [0.25, 0.3) is 0 Å². The van der Waals surface area contributed by atoms with E-state index in [1.54, 1.807) is 13.0 Å². The molecule has 5 nitrogen and oxygen atoms in total. The van der Waals surface area contributed by atoms with Gasteiger partial charge in [0.15, 0.2) is 0 Å². The van der Waals surface area contributed by atoms with E-state index in [2.05, 4.69) is 10.3 Å². The molecule has 0 spiro atoms. The molecule has 94 valence electrons. The third-order valence-corrected chi connectivity index (χ3v) is 2.39. The van der Waals surface area contributed by atoms with Crippen molar-refractivity contribution in [3.05, 3.63) is 17.5 Å². The summed E-state index contributed by atoms with van der Waals surface area (Å²) in [6, 6.07) is 1.62. The maximum absolute atomic E-state index is 11.6. The number of aromatic nitrogens is 1. The summed E-state index contributed by atoms with van der Waals surface area (Å²) in [5, 5.41) is 11.5. The zero-order chi connectivity index (χ0) is 13.0. The van der Waals surface area contributed by atoms with E-state index in [1.165, 1.54) is 0 Å². The number of anilines is 1. The number of rotatable bonds is 5. The molecule has 0 fully saturated rings. The van der Waals surface area contributed by atoms with Crippen LogP contribution in [0.3, 0.4) is 0 Å². The number of amides is 1. The standard InChI is InChI=1S/C12H18N2O3/c1-7(2)4-5-10(15)14-9-6-8(3)13-11(9)12(16)17/h6-7,13H,4-5H2,1-3H3,(H,14,15)(H,16,17). The number of aryl methyl sites for hydroxylation is 1. The van der Waals surface area contributed by atoms with Crippen LogP contribution >= 0.6 is 0 Å². The summed E-state index contributed by atoms with van der Waals surface area (Å²) in [6.07, 6.45) is 1.19. The monoisotopic (exact) mass is 238 g/mol. The second kappa shape index (κ2) is 5.52. The zero-order valence-electron chi connectivity index (χ0n) is 10.3. The molecule has 17 heavy (non-hydrogen) atoms. The van der Waals surface area contributed by atoms with Gasteiger partial charge in [-0.1, -0.05) is 13.8 Å². The molecular formula is C12H18N2O3. The second-order valence-corrected chi connectivity index (χ2v) is 4.53. The number of carboxylic acids is 1. The third-order valence-electron chi connectivity index (χ3n) is 2.39. The summed E-state index contributed by atoms with van der Waals surface area (Å²) < 4.78 is 0. The first kappa shape index (κ1) is 13.3. The quantitative estimate of drug-likeness (QED) is 0.736. The van der Waals surface area contributed by atoms with Crippen molar-refractivity contribution >= 4 is 17.6 Å². The molecule has 0 atom stereocenters. The number of carbonyl (C=O) groups excluding carboxylic acids is 1. The Morgan fingerprint density at radius 2 is 2.12 bits per heavy atom. The van der Waals surface area contributed by atoms with Crippen molar-refractivity contribution in [3.63, 3.8) is 0 Å². The van der Waals surface area contributed by atoms with Crippen LogP contribution in [0.5, 0.6) is 0 Å². The molecule has 0 radical (unpaired) electrons. The lowest BCUT2D eigenvalue weighted by Crippen LogP contribution is -2.14. The molecule has 1 amide bonds. The van der Waals surface area contributed by atoms with Crippen LogP contribution in [0, 0.1) is 12.8 Å². The highest BCUT2D eigenvalue weighted by atomic mass is 16.4. The Morgan fingerprint density at radius 1 is 1.47 bits per heavy atom. The van der Waals surface area contributed by atoms with Crippen LogP contribution in [-0.4, -0.2) is 22.0 Å². The summed E-state index contributed by atoms with van der Waals surface area (Å²) >= 11 is 0. The van der Waals surface area contributed by atoms with Gasteiger partial charge in [0.1, 0.15) is 5.69 Å². The normalized spacial score (nSPS) is 10.6. The number of aromatic carboxylic acids is 1. The number of aromatic amines is 1. The van der Waals surface area contributed by atoms with Crippen LogP contribution in [0.25, 0.3) is 0 Å². The van der Waals surface area contributed by atoms with Crippen LogP contribution in [0.4, 0.5) is 5.69 Å². The SMILES string of the molecule is Cc1cc(NC(=O)CCC(C)C)c(C(=O)O)[nH]1. The summed E-state index contributed by atoms with van der Waals surface area (Å²) in [4.78, 5) is 25.2. The van der Waals surface area contributed by atoms with E-state index < -0.39 is 5.97 Å². The Hall–Kier alpha value is -1.78. The molecule has 0 bridgehead atoms. The van der Waals surface area contributed by atoms with Gasteiger partial charge in [-0.2, -0.15) is 0 Å². The van der Waals surface area contributed by atoms with Crippen LogP contribution in [0.2, 0.25) is 0 Å². The fraction of sp³-hybridized carbons (Fsp3) is 0.500. The fourth-order valence-corrected chi connectivity index (χ4v) is 1.49. The van der Waals surface area contributed by atoms with Gasteiger partial charge in [-0.15, -0.1) is 0 Å². The Bertz CT molecular complexity index is 421. The lowest BCUT2D eigenvalue weighted by Gasteiger charge is -2.06. The fourth-order valence-electron chi connectivity index (χ4n) is 1.49. The molecule has 0 aliphatic heterocycles. The van der Waals surface area contributed by atoms with E-state index in [1.807, 2.05) is 13.8 Å². The largest absolute Gasteiger partial charge is 0.477 e. The number of hydrogen-bond donors (Lipinski definition) is 3. The summed E-state index contributed by atoms with van der Waals surface area (Å²) in [5.74, 6) is -0.773. The predicted molar refractivity (Wildman–Crippen MR) is 65.2 cm³/mol. The van der Waals surface area contributed by atoms with E-state index in [-0.39, 0.29) is 11.6 Å². The van der Waals surface area contributed by atoms with Gasteiger partial charge < -0.3 is 15.4 Å². The molecule has 1 aromatic heterocycles. The highest BCUT2D eigenvalue weighted by Gasteiger charge is 2.15. The van der Waals surface area contributed by atoms with E-state index in [0.717, 1.165) is 6.42 Å². The molecule has 3 N–H and O–H groups in total. The Kier molecular flexibility index (Phi) is 4.31. The lowest BCUT2D eigenvalue weighted by molar-refractivity contribution is -0.116. The summed E-state index contributed by atoms with van der Waals surface area (Å²) in [5.41, 5.74) is 1.07. The third kappa shape index (κ3) is 3.94. The number of H-pyrrole nitrogens is 1. The lowest BCUT2D eigenvalue weighted by atomic mass is 10.1. The summed E-state index contributed by atoms with van der Waals surface area (Å²) in [6.45, 7) is 5.82. The van der Waals surface area contributed by atoms with Crippen molar-refractivity contribution in [2.75, 3.05) is 5.32 Å². The van der Waals surface area contributed by atoms with Crippen LogP contribution in [-0.2, 0) is 4.79 Å². The highest BCUT2D eigenvalue weighted by Crippen LogP contribution is 2.17. The summed E-state index contributed by atoms with van der Waals surface area (Å²) in [7, 11) is 0. The van der Waals surface area contributed by atoms with Gasteiger partial charge in [-0.25, -0.2) is 4.79 Å². The molecule has 1 aromatic rings. The van der Waals surface area contributed by atoms with Gasteiger partial charge in [0, 0.05) is 12.1 Å². The van der Waals surface area contributed by atoms with Crippen LogP contribution in [0.15, 0.2) is 6.07 Å². The van der Waals surface area contributed by atoms with Crippen molar-refractivity contribution in [2.45, 2.75) is 33.6 Å². The molecule has 0 aromatic carbocycles. The molecule has 0 saturated carbocycles. The Labute approximate surface area is 100 Å². The van der Waals surface area contributed by atoms with Crippen molar-refractivity contribution in [2.24, 2.45) is 5.92 Å². The minimum absolute atomic E-state index is 0.0281. The second-order valence-electron chi connectivity index (χ2n) is 4.53. The average Bonchev–Trinajstić information content (AvgIpc) is 2.56. The van der Waals surface area contributed by atoms with Gasteiger partial charge in [-0.05, 0) is 25.3 Å². The maximum atomic E-state index is 11.6. The van der Waals surface area contributed by atoms with Crippen molar-refractivity contribution in [1.82, 2.24) is 4.98 Å². The van der Waals surface area contributed by atoms with Gasteiger partial charge in [-0.3, -0.25) is 4.79 Å². The average molecular weight is 238 g/mol. The number of nitrogens with one attached hydrogen (secondary N) is 2. The van der Waals surface area contributed by atoms with E-state index in [4.69, 9.17) is 5.11 Å². The first-order chi connectivity index (χ1) is 7.90. The molecule has 0 aliphatic carbocycles. The Balaban J connectivity index is 2.68. The van der Waals surface area contributed by atoms with Crippen molar-refractivity contribution < 1.29 is 14.7 Å². The molecule has 0 unspecified atom stereocenters. The van der Waals surface area contributed by atoms with E-state index in [9.17, 15) is 9.59 Å². The Morgan fingerprint density at radius 3 is 2.65 bits per heavy atom. The molecular weight excluding hydrogens is 220 g/mol. The first-order valence-electron chi connectivity index (χ1n) is 5.63.